The number of hydrogen-bond acceptors (Lipinski definition) is 4. The van der Waals surface area contributed by atoms with E-state index in [-0.39, 0.29) is 18.5 Å². The predicted molar refractivity (Wildman–Crippen MR) is 77.8 cm³/mol. The molecule has 2 aliphatic rings. The summed E-state index contributed by atoms with van der Waals surface area (Å²) >= 11 is 0. The fourth-order valence-electron chi connectivity index (χ4n) is 3.53. The number of ether oxygens (including phenoxy) is 1. The highest BCUT2D eigenvalue weighted by molar-refractivity contribution is 5.78. The summed E-state index contributed by atoms with van der Waals surface area (Å²) < 4.78 is 42.6. The van der Waals surface area contributed by atoms with Crippen LogP contribution in [-0.2, 0) is 9.53 Å². The van der Waals surface area contributed by atoms with E-state index in [1.54, 1.807) is 6.92 Å². The SMILES string of the molecule is CN(CC(F)(F)F)C(=O)CN1CCCC1C1COCCC1(C)O. The number of likely N-dealkylation sites (tertiary alicyclic amines) is 1. The number of amides is 1. The van der Waals surface area contributed by atoms with Gasteiger partial charge in [0.2, 0.25) is 5.91 Å². The van der Waals surface area contributed by atoms with Crippen LogP contribution in [0.15, 0.2) is 0 Å². The van der Waals surface area contributed by atoms with Crippen LogP contribution in [0, 0.1) is 5.92 Å². The average Bonchev–Trinajstić information content (AvgIpc) is 2.84. The largest absolute Gasteiger partial charge is 0.406 e. The van der Waals surface area contributed by atoms with Crippen molar-refractivity contribution in [1.82, 2.24) is 9.80 Å². The molecule has 2 saturated heterocycles. The number of rotatable bonds is 4. The van der Waals surface area contributed by atoms with E-state index in [1.165, 1.54) is 7.05 Å². The normalized spacial score (nSPS) is 33.0. The first-order chi connectivity index (χ1) is 10.6. The van der Waals surface area contributed by atoms with Gasteiger partial charge in [-0.2, -0.15) is 13.2 Å². The number of nitrogens with zero attached hydrogens (tertiary/aromatic N) is 2. The molecule has 2 heterocycles. The summed E-state index contributed by atoms with van der Waals surface area (Å²) in [7, 11) is 1.17. The van der Waals surface area contributed by atoms with Crippen molar-refractivity contribution in [2.45, 2.75) is 44.0 Å². The molecule has 2 aliphatic heterocycles. The van der Waals surface area contributed by atoms with E-state index in [4.69, 9.17) is 4.74 Å². The van der Waals surface area contributed by atoms with E-state index >= 15 is 0 Å². The highest BCUT2D eigenvalue weighted by atomic mass is 19.4. The summed E-state index contributed by atoms with van der Waals surface area (Å²) in [4.78, 5) is 14.7. The van der Waals surface area contributed by atoms with E-state index < -0.39 is 24.2 Å². The van der Waals surface area contributed by atoms with Gasteiger partial charge in [-0.3, -0.25) is 9.69 Å². The van der Waals surface area contributed by atoms with Crippen molar-refractivity contribution in [3.8, 4) is 0 Å². The Kier molecular flexibility index (Phi) is 5.58. The van der Waals surface area contributed by atoms with Crippen molar-refractivity contribution in [2.24, 2.45) is 5.92 Å². The molecule has 1 amide bonds. The van der Waals surface area contributed by atoms with Gasteiger partial charge in [0.05, 0.1) is 18.8 Å². The van der Waals surface area contributed by atoms with Crippen LogP contribution >= 0.6 is 0 Å². The Hall–Kier alpha value is -0.860. The molecular weight excluding hydrogens is 313 g/mol. The maximum absolute atomic E-state index is 12.4. The maximum Gasteiger partial charge on any atom is 0.406 e. The summed E-state index contributed by atoms with van der Waals surface area (Å²) in [5.41, 5.74) is -0.869. The van der Waals surface area contributed by atoms with Crippen LogP contribution in [0.5, 0.6) is 0 Å². The molecule has 0 aromatic rings. The summed E-state index contributed by atoms with van der Waals surface area (Å²) in [6, 6.07) is -0.0338. The smallest absolute Gasteiger partial charge is 0.390 e. The van der Waals surface area contributed by atoms with Gasteiger partial charge in [0.15, 0.2) is 0 Å². The monoisotopic (exact) mass is 338 g/mol. The molecule has 3 atom stereocenters. The third-order valence-corrected chi connectivity index (χ3v) is 4.91. The van der Waals surface area contributed by atoms with Gasteiger partial charge < -0.3 is 14.7 Å². The van der Waals surface area contributed by atoms with Crippen molar-refractivity contribution in [3.63, 3.8) is 0 Å². The van der Waals surface area contributed by atoms with E-state index in [0.29, 0.717) is 31.1 Å². The second-order valence-electron chi connectivity index (χ2n) is 6.83. The lowest BCUT2D eigenvalue weighted by Crippen LogP contribution is -2.54. The number of carbonyl (C=O) groups excluding carboxylic acids is 1. The van der Waals surface area contributed by atoms with Crippen LogP contribution in [0.1, 0.15) is 26.2 Å². The Morgan fingerprint density at radius 2 is 2.17 bits per heavy atom. The van der Waals surface area contributed by atoms with E-state index in [0.717, 1.165) is 12.8 Å². The predicted octanol–water partition coefficient (Wildman–Crippen LogP) is 1.26. The van der Waals surface area contributed by atoms with Gasteiger partial charge in [0.25, 0.3) is 0 Å². The maximum atomic E-state index is 12.4. The van der Waals surface area contributed by atoms with Crippen molar-refractivity contribution in [1.29, 1.82) is 0 Å². The topological polar surface area (TPSA) is 53.0 Å². The number of aliphatic hydroxyl groups is 1. The van der Waals surface area contributed by atoms with Gasteiger partial charge in [0.1, 0.15) is 6.54 Å². The Morgan fingerprint density at radius 3 is 2.78 bits per heavy atom. The number of likely N-dealkylation sites (N-methyl/N-ethyl adjacent to an activating group) is 1. The second kappa shape index (κ2) is 6.94. The zero-order valence-electron chi connectivity index (χ0n) is 13.6. The van der Waals surface area contributed by atoms with Crippen molar-refractivity contribution in [3.05, 3.63) is 0 Å². The fourth-order valence-corrected chi connectivity index (χ4v) is 3.53. The first-order valence-corrected chi connectivity index (χ1v) is 7.95. The van der Waals surface area contributed by atoms with Crippen LogP contribution in [0.25, 0.3) is 0 Å². The molecule has 0 radical (unpaired) electrons. The van der Waals surface area contributed by atoms with Gasteiger partial charge in [-0.25, -0.2) is 0 Å². The van der Waals surface area contributed by atoms with E-state index in [9.17, 15) is 23.1 Å². The molecule has 0 aromatic heterocycles. The van der Waals surface area contributed by atoms with Crippen LogP contribution in [0.3, 0.4) is 0 Å². The molecule has 3 unspecified atom stereocenters. The first kappa shape index (κ1) is 18.5. The number of halogens is 3. The molecule has 134 valence electrons. The van der Waals surface area contributed by atoms with Crippen LogP contribution in [0.4, 0.5) is 13.2 Å². The molecule has 0 aliphatic carbocycles. The van der Waals surface area contributed by atoms with Crippen LogP contribution in [-0.4, -0.2) is 78.5 Å². The van der Waals surface area contributed by atoms with Gasteiger partial charge in [-0.05, 0) is 32.7 Å². The summed E-state index contributed by atoms with van der Waals surface area (Å²) in [5, 5.41) is 10.6. The third kappa shape index (κ3) is 4.81. The molecule has 8 heteroatoms. The van der Waals surface area contributed by atoms with Gasteiger partial charge in [-0.15, -0.1) is 0 Å². The third-order valence-electron chi connectivity index (χ3n) is 4.91. The van der Waals surface area contributed by atoms with Crippen LogP contribution < -0.4 is 0 Å². The van der Waals surface area contributed by atoms with Gasteiger partial charge in [-0.1, -0.05) is 0 Å². The molecule has 2 fully saturated rings. The second-order valence-corrected chi connectivity index (χ2v) is 6.83. The highest BCUT2D eigenvalue weighted by Gasteiger charge is 2.44. The molecule has 1 N–H and O–H groups in total. The Bertz CT molecular complexity index is 429. The van der Waals surface area contributed by atoms with Crippen molar-refractivity contribution < 1.29 is 27.8 Å². The van der Waals surface area contributed by atoms with Gasteiger partial charge >= 0.3 is 6.18 Å². The Morgan fingerprint density at radius 1 is 1.48 bits per heavy atom. The quantitative estimate of drug-likeness (QED) is 0.839. The van der Waals surface area contributed by atoms with Gasteiger partial charge in [0, 0.05) is 25.6 Å². The fraction of sp³-hybridized carbons (Fsp3) is 0.933. The molecule has 5 nitrogen and oxygen atoms in total. The Labute approximate surface area is 134 Å². The van der Waals surface area contributed by atoms with Crippen molar-refractivity contribution in [2.75, 3.05) is 39.9 Å². The summed E-state index contributed by atoms with van der Waals surface area (Å²) in [6.45, 7) is 2.06. The minimum absolute atomic E-state index is 0.0338. The van der Waals surface area contributed by atoms with E-state index in [2.05, 4.69) is 0 Å². The molecule has 0 bridgehead atoms. The van der Waals surface area contributed by atoms with Crippen LogP contribution in [0.2, 0.25) is 0 Å². The minimum Gasteiger partial charge on any atom is -0.390 e. The molecule has 0 spiro atoms. The molecule has 23 heavy (non-hydrogen) atoms. The first-order valence-electron chi connectivity index (χ1n) is 7.95. The standard InChI is InChI=1S/C15H25F3N2O3/c1-14(22)5-7-23-9-11(14)12-4-3-6-20(12)8-13(21)19(2)10-15(16,17)18/h11-12,22H,3-10H2,1-2H3. The highest BCUT2D eigenvalue weighted by Crippen LogP contribution is 2.35. The zero-order valence-corrected chi connectivity index (χ0v) is 13.6. The number of hydrogen-bond donors (Lipinski definition) is 1. The van der Waals surface area contributed by atoms with Crippen molar-refractivity contribution >= 4 is 5.91 Å². The Balaban J connectivity index is 1.97. The lowest BCUT2D eigenvalue weighted by Gasteiger charge is -2.43. The summed E-state index contributed by atoms with van der Waals surface area (Å²) in [6.07, 6.45) is -2.17. The molecule has 2 rings (SSSR count). The number of carbonyl (C=O) groups is 1. The lowest BCUT2D eigenvalue weighted by atomic mass is 9.79. The zero-order chi connectivity index (χ0) is 17.3. The summed E-state index contributed by atoms with van der Waals surface area (Å²) in [5.74, 6) is -0.676. The average molecular weight is 338 g/mol. The minimum atomic E-state index is -4.39. The molecule has 0 aromatic carbocycles. The molecule has 0 saturated carbocycles. The lowest BCUT2D eigenvalue weighted by molar-refractivity contribution is -0.160. The number of alkyl halides is 3. The van der Waals surface area contributed by atoms with E-state index in [1.807, 2.05) is 4.90 Å². The molecular formula is C15H25F3N2O3.